The van der Waals surface area contributed by atoms with Crippen LogP contribution < -0.4 is 5.32 Å². The van der Waals surface area contributed by atoms with E-state index in [1.54, 1.807) is 30.1 Å². The van der Waals surface area contributed by atoms with Crippen LogP contribution in [0.15, 0.2) is 28.9 Å². The van der Waals surface area contributed by atoms with Crippen LogP contribution in [0, 0.1) is 17.7 Å². The van der Waals surface area contributed by atoms with Gasteiger partial charge >= 0.3 is 0 Å². The SMILES string of the molecule is CC1CCC([C@H](NC(=O)c2ccnn2C)c2nc3c(F)c(Br)ccc3n2C)CC1. The van der Waals surface area contributed by atoms with Gasteiger partial charge in [-0.25, -0.2) is 9.37 Å². The summed E-state index contributed by atoms with van der Waals surface area (Å²) in [5, 5.41) is 7.27. The van der Waals surface area contributed by atoms with Crippen molar-refractivity contribution in [3.05, 3.63) is 46.2 Å². The van der Waals surface area contributed by atoms with Crippen molar-refractivity contribution < 1.29 is 9.18 Å². The quantitative estimate of drug-likeness (QED) is 0.621. The molecule has 1 aliphatic carbocycles. The smallest absolute Gasteiger partial charge is 0.270 e. The number of amides is 1. The van der Waals surface area contributed by atoms with Crippen LogP contribution in [0.5, 0.6) is 0 Å². The first-order chi connectivity index (χ1) is 13.9. The minimum Gasteiger partial charge on any atom is -0.340 e. The van der Waals surface area contributed by atoms with Gasteiger partial charge in [-0.05, 0) is 58.8 Å². The van der Waals surface area contributed by atoms with Crippen LogP contribution in [0.1, 0.15) is 55.0 Å². The van der Waals surface area contributed by atoms with Crippen molar-refractivity contribution in [1.82, 2.24) is 24.6 Å². The van der Waals surface area contributed by atoms with Gasteiger partial charge in [-0.15, -0.1) is 0 Å². The van der Waals surface area contributed by atoms with E-state index in [-0.39, 0.29) is 23.7 Å². The van der Waals surface area contributed by atoms with Crippen LogP contribution in [0.3, 0.4) is 0 Å². The number of halogens is 2. The number of aromatic nitrogens is 4. The topological polar surface area (TPSA) is 64.7 Å². The van der Waals surface area contributed by atoms with Crippen LogP contribution >= 0.6 is 15.9 Å². The lowest BCUT2D eigenvalue weighted by Gasteiger charge is -2.33. The van der Waals surface area contributed by atoms with Gasteiger partial charge in [0.2, 0.25) is 0 Å². The molecule has 2 aromatic heterocycles. The first kappa shape index (κ1) is 20.1. The Morgan fingerprint density at radius 1 is 1.24 bits per heavy atom. The van der Waals surface area contributed by atoms with Crippen LogP contribution in [0.4, 0.5) is 4.39 Å². The molecule has 4 rings (SSSR count). The molecule has 1 atom stereocenters. The molecule has 8 heteroatoms. The zero-order valence-electron chi connectivity index (χ0n) is 16.8. The third kappa shape index (κ3) is 3.70. The number of hydrogen-bond donors (Lipinski definition) is 1. The lowest BCUT2D eigenvalue weighted by atomic mass is 9.79. The van der Waals surface area contributed by atoms with Crippen LogP contribution in [-0.2, 0) is 14.1 Å². The van der Waals surface area contributed by atoms with E-state index in [0.29, 0.717) is 32.9 Å². The minimum absolute atomic E-state index is 0.192. The van der Waals surface area contributed by atoms with Gasteiger partial charge in [-0.3, -0.25) is 9.48 Å². The molecule has 154 valence electrons. The fourth-order valence-electron chi connectivity index (χ4n) is 4.32. The van der Waals surface area contributed by atoms with E-state index < -0.39 is 0 Å². The predicted molar refractivity (Wildman–Crippen MR) is 113 cm³/mol. The Bertz CT molecular complexity index is 1050. The average molecular weight is 462 g/mol. The van der Waals surface area contributed by atoms with E-state index in [2.05, 4.69) is 38.3 Å². The molecule has 29 heavy (non-hydrogen) atoms. The van der Waals surface area contributed by atoms with Crippen molar-refractivity contribution in [2.75, 3.05) is 0 Å². The molecular formula is C21H25BrFN5O. The molecule has 0 saturated heterocycles. The summed E-state index contributed by atoms with van der Waals surface area (Å²) in [6.07, 6.45) is 5.85. The molecule has 1 saturated carbocycles. The van der Waals surface area contributed by atoms with E-state index in [1.807, 2.05) is 17.7 Å². The van der Waals surface area contributed by atoms with Gasteiger partial charge in [-0.1, -0.05) is 19.8 Å². The number of hydrogen-bond acceptors (Lipinski definition) is 3. The molecule has 2 heterocycles. The second-order valence-electron chi connectivity index (χ2n) is 8.07. The van der Waals surface area contributed by atoms with Crippen molar-refractivity contribution >= 4 is 32.9 Å². The Kier molecular flexibility index (Phi) is 5.46. The Morgan fingerprint density at radius 2 is 1.97 bits per heavy atom. The van der Waals surface area contributed by atoms with Gasteiger partial charge in [0, 0.05) is 20.3 Å². The second-order valence-corrected chi connectivity index (χ2v) is 8.92. The Morgan fingerprint density at radius 3 is 2.62 bits per heavy atom. The molecular weight excluding hydrogens is 437 g/mol. The van der Waals surface area contributed by atoms with E-state index >= 15 is 0 Å². The van der Waals surface area contributed by atoms with E-state index in [9.17, 15) is 9.18 Å². The molecule has 3 aromatic rings. The zero-order chi connectivity index (χ0) is 20.7. The highest BCUT2D eigenvalue weighted by Crippen LogP contribution is 2.38. The lowest BCUT2D eigenvalue weighted by Crippen LogP contribution is -2.37. The van der Waals surface area contributed by atoms with Gasteiger partial charge in [0.25, 0.3) is 5.91 Å². The summed E-state index contributed by atoms with van der Waals surface area (Å²) in [7, 11) is 3.63. The number of fused-ring (bicyclic) bond motifs is 1. The molecule has 1 aliphatic rings. The van der Waals surface area contributed by atoms with Crippen LogP contribution in [0.2, 0.25) is 0 Å². The first-order valence-electron chi connectivity index (χ1n) is 9.96. The highest BCUT2D eigenvalue weighted by Gasteiger charge is 2.33. The average Bonchev–Trinajstić information content (AvgIpc) is 3.27. The number of aryl methyl sites for hydroxylation is 2. The van der Waals surface area contributed by atoms with Crippen molar-refractivity contribution in [2.24, 2.45) is 25.9 Å². The molecule has 0 bridgehead atoms. The number of nitrogens with zero attached hydrogens (tertiary/aromatic N) is 4. The number of carbonyl (C=O) groups excluding carboxylic acids is 1. The van der Waals surface area contributed by atoms with Crippen LogP contribution in [-0.4, -0.2) is 25.2 Å². The van der Waals surface area contributed by atoms with E-state index in [4.69, 9.17) is 0 Å². The number of carbonyl (C=O) groups is 1. The molecule has 1 N–H and O–H groups in total. The normalized spacial score (nSPS) is 20.7. The third-order valence-corrected chi connectivity index (χ3v) is 6.74. The molecule has 0 unspecified atom stereocenters. The van der Waals surface area contributed by atoms with Gasteiger partial charge in [0.15, 0.2) is 5.82 Å². The monoisotopic (exact) mass is 461 g/mol. The fourth-order valence-corrected chi connectivity index (χ4v) is 4.64. The largest absolute Gasteiger partial charge is 0.340 e. The molecule has 1 fully saturated rings. The van der Waals surface area contributed by atoms with Gasteiger partial charge in [0.1, 0.15) is 17.0 Å². The highest BCUT2D eigenvalue weighted by molar-refractivity contribution is 9.10. The summed E-state index contributed by atoms with van der Waals surface area (Å²) in [6, 6.07) is 4.94. The third-order valence-electron chi connectivity index (χ3n) is 6.13. The maximum atomic E-state index is 14.7. The number of imidazole rings is 1. The zero-order valence-corrected chi connectivity index (χ0v) is 18.4. The summed E-state index contributed by atoms with van der Waals surface area (Å²) >= 11 is 3.24. The minimum atomic E-state index is -0.377. The summed E-state index contributed by atoms with van der Waals surface area (Å²) < 4.78 is 18.5. The number of rotatable bonds is 4. The van der Waals surface area contributed by atoms with Crippen molar-refractivity contribution in [3.63, 3.8) is 0 Å². The van der Waals surface area contributed by atoms with E-state index in [0.717, 1.165) is 25.7 Å². The summed E-state index contributed by atoms with van der Waals surface area (Å²) in [6.45, 7) is 2.27. The molecule has 1 amide bonds. The Balaban J connectivity index is 1.75. The van der Waals surface area contributed by atoms with Crippen molar-refractivity contribution in [3.8, 4) is 0 Å². The van der Waals surface area contributed by atoms with Gasteiger partial charge in [-0.2, -0.15) is 5.10 Å². The van der Waals surface area contributed by atoms with E-state index in [1.165, 1.54) is 0 Å². The summed E-state index contributed by atoms with van der Waals surface area (Å²) in [5.41, 5.74) is 1.53. The van der Waals surface area contributed by atoms with Crippen molar-refractivity contribution in [1.29, 1.82) is 0 Å². The molecule has 0 radical (unpaired) electrons. The molecule has 0 spiro atoms. The second kappa shape index (κ2) is 7.89. The number of nitrogens with one attached hydrogen (secondary N) is 1. The maximum absolute atomic E-state index is 14.7. The van der Waals surface area contributed by atoms with Crippen molar-refractivity contribution in [2.45, 2.75) is 38.6 Å². The number of benzene rings is 1. The van der Waals surface area contributed by atoms with Gasteiger partial charge in [0.05, 0.1) is 16.0 Å². The molecule has 0 aliphatic heterocycles. The summed E-state index contributed by atoms with van der Waals surface area (Å²) in [4.78, 5) is 17.6. The Hall–Kier alpha value is -2.22. The fraction of sp³-hybridized carbons (Fsp3) is 0.476. The highest BCUT2D eigenvalue weighted by atomic mass is 79.9. The summed E-state index contributed by atoms with van der Waals surface area (Å²) in [5.74, 6) is 1.06. The lowest BCUT2D eigenvalue weighted by molar-refractivity contribution is 0.0893. The first-order valence-corrected chi connectivity index (χ1v) is 10.7. The maximum Gasteiger partial charge on any atom is 0.270 e. The Labute approximate surface area is 177 Å². The standard InChI is InChI=1S/C21H25BrFN5O/c1-12-4-6-13(7-5-12)18(26-21(29)16-10-11-24-28(16)3)20-25-19-15(27(20)2)9-8-14(22)17(19)23/h8-13,18H,4-7H2,1-3H3,(H,26,29)/t12?,13?,18-/m0/s1. The predicted octanol–water partition coefficient (Wildman–Crippen LogP) is 4.51. The van der Waals surface area contributed by atoms with Gasteiger partial charge < -0.3 is 9.88 Å². The van der Waals surface area contributed by atoms with Crippen LogP contribution in [0.25, 0.3) is 11.0 Å². The molecule has 6 nitrogen and oxygen atoms in total. The molecule has 1 aromatic carbocycles.